The van der Waals surface area contributed by atoms with Crippen molar-refractivity contribution in [2.24, 2.45) is 5.92 Å². The molecule has 0 spiro atoms. The van der Waals surface area contributed by atoms with Crippen molar-refractivity contribution >= 4 is 17.5 Å². The van der Waals surface area contributed by atoms with Crippen molar-refractivity contribution in [1.29, 1.82) is 0 Å². The predicted molar refractivity (Wildman–Crippen MR) is 69.5 cm³/mol. The van der Waals surface area contributed by atoms with Gasteiger partial charge >= 0.3 is 0 Å². The lowest BCUT2D eigenvalue weighted by molar-refractivity contribution is 0.0934. The number of furan rings is 1. The molecule has 0 aliphatic rings. The highest BCUT2D eigenvalue weighted by Crippen LogP contribution is 2.13. The molecule has 1 amide bonds. The van der Waals surface area contributed by atoms with Gasteiger partial charge in [0.15, 0.2) is 0 Å². The van der Waals surface area contributed by atoms with E-state index in [4.69, 9.17) is 16.0 Å². The van der Waals surface area contributed by atoms with E-state index in [1.165, 1.54) is 0 Å². The van der Waals surface area contributed by atoms with Crippen LogP contribution in [-0.2, 0) is 6.42 Å². The standard InChI is InChI=1S/C13H20ClNO2/c1-4-12-11(5-6-17-12)13(16)15-10(8-14)7-9(2)3/h5-6,9-10H,4,7-8H2,1-3H3,(H,15,16). The first kappa shape index (κ1) is 14.1. The van der Waals surface area contributed by atoms with Crippen LogP contribution in [0.15, 0.2) is 16.7 Å². The third kappa shape index (κ3) is 4.08. The Labute approximate surface area is 108 Å². The van der Waals surface area contributed by atoms with Crippen molar-refractivity contribution in [2.75, 3.05) is 5.88 Å². The van der Waals surface area contributed by atoms with Crippen LogP contribution < -0.4 is 5.32 Å². The maximum absolute atomic E-state index is 12.0. The Kier molecular flexibility index (Phi) is 5.56. The Morgan fingerprint density at radius 2 is 2.24 bits per heavy atom. The summed E-state index contributed by atoms with van der Waals surface area (Å²) in [4.78, 5) is 12.0. The fourth-order valence-electron chi connectivity index (χ4n) is 1.81. The molecule has 4 heteroatoms. The first-order valence-electron chi connectivity index (χ1n) is 6.01. The second-order valence-corrected chi connectivity index (χ2v) is 4.87. The average Bonchev–Trinajstić information content (AvgIpc) is 2.75. The molecule has 17 heavy (non-hydrogen) atoms. The number of nitrogens with one attached hydrogen (secondary N) is 1. The summed E-state index contributed by atoms with van der Waals surface area (Å²) in [5.74, 6) is 1.57. The molecule has 0 radical (unpaired) electrons. The van der Waals surface area contributed by atoms with E-state index >= 15 is 0 Å². The summed E-state index contributed by atoms with van der Waals surface area (Å²) >= 11 is 5.85. The van der Waals surface area contributed by atoms with E-state index in [0.29, 0.717) is 23.8 Å². The molecule has 0 aliphatic carbocycles. The van der Waals surface area contributed by atoms with Gasteiger partial charge in [-0.1, -0.05) is 20.8 Å². The molecule has 1 rings (SSSR count). The Morgan fingerprint density at radius 1 is 1.53 bits per heavy atom. The summed E-state index contributed by atoms with van der Waals surface area (Å²) in [7, 11) is 0. The first-order chi connectivity index (χ1) is 8.08. The van der Waals surface area contributed by atoms with Gasteiger partial charge in [0.05, 0.1) is 11.8 Å². The monoisotopic (exact) mass is 257 g/mol. The molecule has 1 atom stereocenters. The van der Waals surface area contributed by atoms with E-state index in [-0.39, 0.29) is 11.9 Å². The van der Waals surface area contributed by atoms with Gasteiger partial charge in [-0.3, -0.25) is 4.79 Å². The average molecular weight is 258 g/mol. The fraction of sp³-hybridized carbons (Fsp3) is 0.615. The van der Waals surface area contributed by atoms with Gasteiger partial charge in [0.2, 0.25) is 0 Å². The topological polar surface area (TPSA) is 42.2 Å². The van der Waals surface area contributed by atoms with Crippen LogP contribution in [0.25, 0.3) is 0 Å². The number of carbonyl (C=O) groups excluding carboxylic acids is 1. The maximum atomic E-state index is 12.0. The zero-order valence-corrected chi connectivity index (χ0v) is 11.4. The molecule has 1 heterocycles. The van der Waals surface area contributed by atoms with Crippen LogP contribution in [0, 0.1) is 5.92 Å². The van der Waals surface area contributed by atoms with Crippen LogP contribution >= 0.6 is 11.6 Å². The molecule has 1 N–H and O–H groups in total. The fourth-order valence-corrected chi connectivity index (χ4v) is 2.01. The Morgan fingerprint density at radius 3 is 2.76 bits per heavy atom. The zero-order chi connectivity index (χ0) is 12.8. The molecule has 0 aromatic carbocycles. The van der Waals surface area contributed by atoms with Crippen molar-refractivity contribution in [3.8, 4) is 0 Å². The van der Waals surface area contributed by atoms with E-state index in [1.807, 2.05) is 6.92 Å². The Balaban J connectivity index is 2.64. The minimum Gasteiger partial charge on any atom is -0.469 e. The van der Waals surface area contributed by atoms with E-state index in [9.17, 15) is 4.79 Å². The lowest BCUT2D eigenvalue weighted by Gasteiger charge is -2.17. The van der Waals surface area contributed by atoms with Crippen molar-refractivity contribution in [1.82, 2.24) is 5.32 Å². The van der Waals surface area contributed by atoms with Crippen LogP contribution in [0.1, 0.15) is 43.3 Å². The van der Waals surface area contributed by atoms with Crippen LogP contribution in [0.3, 0.4) is 0 Å². The van der Waals surface area contributed by atoms with Crippen LogP contribution in [0.4, 0.5) is 0 Å². The highest BCUT2D eigenvalue weighted by molar-refractivity contribution is 6.18. The van der Waals surface area contributed by atoms with Gasteiger partial charge in [0.1, 0.15) is 5.76 Å². The molecule has 3 nitrogen and oxygen atoms in total. The summed E-state index contributed by atoms with van der Waals surface area (Å²) in [5, 5.41) is 2.94. The van der Waals surface area contributed by atoms with Crippen molar-refractivity contribution in [3.05, 3.63) is 23.7 Å². The van der Waals surface area contributed by atoms with Gasteiger partial charge in [-0.05, 0) is 18.4 Å². The second-order valence-electron chi connectivity index (χ2n) is 4.57. The van der Waals surface area contributed by atoms with E-state index < -0.39 is 0 Å². The summed E-state index contributed by atoms with van der Waals surface area (Å²) in [5.41, 5.74) is 0.617. The normalized spacial score (nSPS) is 12.8. The second kappa shape index (κ2) is 6.70. The molecule has 1 aromatic rings. The molecule has 0 bridgehead atoms. The van der Waals surface area contributed by atoms with Gasteiger partial charge in [-0.15, -0.1) is 11.6 Å². The van der Waals surface area contributed by atoms with Gasteiger partial charge < -0.3 is 9.73 Å². The van der Waals surface area contributed by atoms with Gasteiger partial charge in [-0.25, -0.2) is 0 Å². The van der Waals surface area contributed by atoms with E-state index in [2.05, 4.69) is 19.2 Å². The van der Waals surface area contributed by atoms with Crippen molar-refractivity contribution in [2.45, 2.75) is 39.7 Å². The van der Waals surface area contributed by atoms with E-state index in [1.54, 1.807) is 12.3 Å². The van der Waals surface area contributed by atoms with Crippen LogP contribution in [-0.4, -0.2) is 17.8 Å². The SMILES string of the molecule is CCc1occc1C(=O)NC(CCl)CC(C)C. The number of aryl methyl sites for hydroxylation is 1. The molecular formula is C13H20ClNO2. The number of carbonyl (C=O) groups is 1. The number of halogens is 1. The number of amides is 1. The number of hydrogen-bond acceptors (Lipinski definition) is 2. The lowest BCUT2D eigenvalue weighted by atomic mass is 10.0. The van der Waals surface area contributed by atoms with Crippen molar-refractivity contribution < 1.29 is 9.21 Å². The van der Waals surface area contributed by atoms with E-state index in [0.717, 1.165) is 12.2 Å². The Bertz CT molecular complexity index is 360. The van der Waals surface area contributed by atoms with Crippen LogP contribution in [0.2, 0.25) is 0 Å². The molecule has 0 aliphatic heterocycles. The first-order valence-corrected chi connectivity index (χ1v) is 6.55. The smallest absolute Gasteiger partial charge is 0.255 e. The minimum atomic E-state index is -0.0955. The quantitative estimate of drug-likeness (QED) is 0.795. The van der Waals surface area contributed by atoms with Gasteiger partial charge in [0, 0.05) is 18.3 Å². The Hall–Kier alpha value is -0.960. The highest BCUT2D eigenvalue weighted by atomic mass is 35.5. The molecule has 0 saturated carbocycles. The molecular weight excluding hydrogens is 238 g/mol. The molecule has 0 fully saturated rings. The third-order valence-electron chi connectivity index (χ3n) is 2.59. The highest BCUT2D eigenvalue weighted by Gasteiger charge is 2.17. The summed E-state index contributed by atoms with van der Waals surface area (Å²) in [6, 6.07) is 1.72. The molecule has 96 valence electrons. The molecule has 0 saturated heterocycles. The number of alkyl halides is 1. The van der Waals surface area contributed by atoms with Crippen molar-refractivity contribution in [3.63, 3.8) is 0 Å². The maximum Gasteiger partial charge on any atom is 0.255 e. The molecule has 1 aromatic heterocycles. The minimum absolute atomic E-state index is 0.0174. The van der Waals surface area contributed by atoms with Crippen LogP contribution in [0.5, 0.6) is 0 Å². The largest absolute Gasteiger partial charge is 0.469 e. The molecule has 1 unspecified atom stereocenters. The third-order valence-corrected chi connectivity index (χ3v) is 2.96. The number of hydrogen-bond donors (Lipinski definition) is 1. The predicted octanol–water partition coefficient (Wildman–Crippen LogP) is 3.23. The summed E-state index contributed by atoms with van der Waals surface area (Å²) < 4.78 is 5.24. The number of rotatable bonds is 6. The van der Waals surface area contributed by atoms with Gasteiger partial charge in [0.25, 0.3) is 5.91 Å². The zero-order valence-electron chi connectivity index (χ0n) is 10.6. The lowest BCUT2D eigenvalue weighted by Crippen LogP contribution is -2.37. The summed E-state index contributed by atoms with van der Waals surface area (Å²) in [6.07, 6.45) is 3.14. The van der Waals surface area contributed by atoms with Gasteiger partial charge in [-0.2, -0.15) is 0 Å². The summed E-state index contributed by atoms with van der Waals surface area (Å²) in [6.45, 7) is 6.19.